The molecule has 5 rings (SSSR count). The fourth-order valence-electron chi connectivity index (χ4n) is 3.79. The highest BCUT2D eigenvalue weighted by atomic mass is 15.4. The second-order valence-corrected chi connectivity index (χ2v) is 7.07. The maximum absolute atomic E-state index is 4.62. The van der Waals surface area contributed by atoms with E-state index in [1.54, 1.807) is 0 Å². The number of hydrogen-bond acceptors (Lipinski definition) is 2. The molecule has 1 heterocycles. The van der Waals surface area contributed by atoms with Gasteiger partial charge in [0.2, 0.25) is 0 Å². The molecular weight excluding hydrogens is 354 g/mol. The van der Waals surface area contributed by atoms with E-state index in [0.29, 0.717) is 0 Å². The number of nitrogens with zero attached hydrogens (tertiary/aromatic N) is 3. The summed E-state index contributed by atoms with van der Waals surface area (Å²) in [7, 11) is 1.96. The number of hydrazone groups is 1. The number of rotatable bonds is 4. The molecule has 3 heteroatoms. The van der Waals surface area contributed by atoms with Crippen molar-refractivity contribution in [1.82, 2.24) is 4.57 Å². The average Bonchev–Trinajstić information content (AvgIpc) is 3.12. The Morgan fingerprint density at radius 1 is 0.690 bits per heavy atom. The number of anilines is 1. The number of fused-ring (bicyclic) bond motifs is 3. The fourth-order valence-corrected chi connectivity index (χ4v) is 3.79. The fraction of sp³-hybridized carbons (Fsp3) is 0.0385. The second-order valence-electron chi connectivity index (χ2n) is 7.07. The monoisotopic (exact) mass is 375 g/mol. The van der Waals surface area contributed by atoms with Crippen molar-refractivity contribution < 1.29 is 0 Å². The lowest BCUT2D eigenvalue weighted by molar-refractivity contribution is 1.02. The summed E-state index contributed by atoms with van der Waals surface area (Å²) in [6.45, 7) is 0. The van der Waals surface area contributed by atoms with Gasteiger partial charge in [0, 0.05) is 23.5 Å². The molecule has 4 aromatic carbocycles. The van der Waals surface area contributed by atoms with Gasteiger partial charge in [0.25, 0.3) is 0 Å². The molecule has 29 heavy (non-hydrogen) atoms. The summed E-state index contributed by atoms with van der Waals surface area (Å²) in [5.74, 6) is 0. The van der Waals surface area contributed by atoms with Gasteiger partial charge in [-0.15, -0.1) is 0 Å². The van der Waals surface area contributed by atoms with E-state index in [9.17, 15) is 0 Å². The molecule has 140 valence electrons. The van der Waals surface area contributed by atoms with Crippen molar-refractivity contribution in [2.75, 3.05) is 12.1 Å². The molecule has 0 spiro atoms. The van der Waals surface area contributed by atoms with Crippen LogP contribution in [-0.4, -0.2) is 17.8 Å². The predicted molar refractivity (Wildman–Crippen MR) is 123 cm³/mol. The van der Waals surface area contributed by atoms with Gasteiger partial charge in [0.1, 0.15) is 0 Å². The lowest BCUT2D eigenvalue weighted by atomic mass is 10.1. The van der Waals surface area contributed by atoms with Gasteiger partial charge in [-0.1, -0.05) is 60.7 Å². The first kappa shape index (κ1) is 17.3. The third-order valence-corrected chi connectivity index (χ3v) is 5.22. The predicted octanol–water partition coefficient (Wildman–Crippen LogP) is 6.25. The molecule has 0 unspecified atom stereocenters. The largest absolute Gasteiger partial charge is 0.309 e. The number of aromatic nitrogens is 1. The van der Waals surface area contributed by atoms with Gasteiger partial charge in [0.05, 0.1) is 22.9 Å². The van der Waals surface area contributed by atoms with Gasteiger partial charge in [-0.2, -0.15) is 5.10 Å². The van der Waals surface area contributed by atoms with Gasteiger partial charge in [0.15, 0.2) is 0 Å². The maximum atomic E-state index is 4.62. The van der Waals surface area contributed by atoms with Crippen LogP contribution in [0.1, 0.15) is 5.56 Å². The highest BCUT2D eigenvalue weighted by Gasteiger charge is 2.11. The van der Waals surface area contributed by atoms with E-state index in [1.807, 2.05) is 48.6 Å². The highest BCUT2D eigenvalue weighted by Crippen LogP contribution is 2.32. The minimum absolute atomic E-state index is 1.06. The quantitative estimate of drug-likeness (QED) is 0.268. The number of benzene rings is 4. The summed E-state index contributed by atoms with van der Waals surface area (Å²) in [5.41, 5.74) is 5.72. The third-order valence-electron chi connectivity index (χ3n) is 5.22. The minimum Gasteiger partial charge on any atom is -0.309 e. The highest BCUT2D eigenvalue weighted by molar-refractivity contribution is 6.10. The molecule has 0 aliphatic rings. The first-order valence-electron chi connectivity index (χ1n) is 9.73. The Kier molecular flexibility index (Phi) is 4.34. The van der Waals surface area contributed by atoms with E-state index in [1.165, 1.54) is 27.5 Å². The van der Waals surface area contributed by atoms with Crippen molar-refractivity contribution in [3.63, 3.8) is 0 Å². The molecule has 1 aromatic heterocycles. The first-order valence-corrected chi connectivity index (χ1v) is 9.73. The van der Waals surface area contributed by atoms with Gasteiger partial charge >= 0.3 is 0 Å². The van der Waals surface area contributed by atoms with Crippen LogP contribution in [-0.2, 0) is 0 Å². The van der Waals surface area contributed by atoms with Crippen LogP contribution in [0.4, 0.5) is 5.69 Å². The van der Waals surface area contributed by atoms with Crippen LogP contribution in [0, 0.1) is 0 Å². The van der Waals surface area contributed by atoms with Crippen LogP contribution < -0.4 is 5.01 Å². The standard InChI is InChI=1S/C26H21N3/c1-28(21-10-4-2-5-11-21)27-19-20-16-17-26-24(18-20)23-14-8-9-15-25(23)29(26)22-12-6-3-7-13-22/h2-19H,1H3. The van der Waals surface area contributed by atoms with E-state index in [0.717, 1.165) is 11.3 Å². The first-order chi connectivity index (χ1) is 14.3. The van der Waals surface area contributed by atoms with Gasteiger partial charge in [-0.3, -0.25) is 5.01 Å². The molecule has 0 aliphatic heterocycles. The van der Waals surface area contributed by atoms with Crippen molar-refractivity contribution in [2.24, 2.45) is 5.10 Å². The van der Waals surface area contributed by atoms with Crippen LogP contribution >= 0.6 is 0 Å². The van der Waals surface area contributed by atoms with E-state index in [2.05, 4.69) is 82.5 Å². The van der Waals surface area contributed by atoms with Crippen LogP contribution in [0.3, 0.4) is 0 Å². The molecule has 0 amide bonds. The van der Waals surface area contributed by atoms with E-state index in [4.69, 9.17) is 0 Å². The summed E-state index contributed by atoms with van der Waals surface area (Å²) in [6.07, 6.45) is 1.92. The Labute approximate surface area is 170 Å². The second kappa shape index (κ2) is 7.28. The van der Waals surface area contributed by atoms with Crippen molar-refractivity contribution >= 4 is 33.7 Å². The molecule has 0 atom stereocenters. The van der Waals surface area contributed by atoms with Crippen LogP contribution in [0.15, 0.2) is 108 Å². The van der Waals surface area contributed by atoms with Crippen LogP contribution in [0.25, 0.3) is 27.5 Å². The molecular formula is C26H21N3. The average molecular weight is 375 g/mol. The van der Waals surface area contributed by atoms with Crippen molar-refractivity contribution in [1.29, 1.82) is 0 Å². The van der Waals surface area contributed by atoms with Crippen LogP contribution in [0.2, 0.25) is 0 Å². The Morgan fingerprint density at radius 2 is 1.34 bits per heavy atom. The minimum atomic E-state index is 1.06. The van der Waals surface area contributed by atoms with Crippen molar-refractivity contribution in [3.8, 4) is 5.69 Å². The molecule has 3 nitrogen and oxygen atoms in total. The van der Waals surface area contributed by atoms with Gasteiger partial charge in [-0.25, -0.2) is 0 Å². The van der Waals surface area contributed by atoms with Crippen LogP contribution in [0.5, 0.6) is 0 Å². The Bertz CT molecular complexity index is 1300. The summed E-state index contributed by atoms with van der Waals surface area (Å²) in [5, 5.41) is 8.98. The van der Waals surface area contributed by atoms with E-state index < -0.39 is 0 Å². The normalized spacial score (nSPS) is 11.5. The molecule has 5 aromatic rings. The molecule has 0 aliphatic carbocycles. The lowest BCUT2D eigenvalue weighted by Crippen LogP contribution is -2.08. The molecule has 0 radical (unpaired) electrons. The SMILES string of the molecule is CN(N=Cc1ccc2c(c1)c1ccccc1n2-c1ccccc1)c1ccccc1. The molecule has 0 bridgehead atoms. The molecule has 0 saturated carbocycles. The zero-order chi connectivity index (χ0) is 19.6. The summed E-state index contributed by atoms with van der Waals surface area (Å²) in [6, 6.07) is 35.8. The van der Waals surface area contributed by atoms with Crippen molar-refractivity contribution in [2.45, 2.75) is 0 Å². The molecule has 0 N–H and O–H groups in total. The summed E-state index contributed by atoms with van der Waals surface area (Å²) in [4.78, 5) is 0. The zero-order valence-electron chi connectivity index (χ0n) is 16.2. The summed E-state index contributed by atoms with van der Waals surface area (Å²) < 4.78 is 2.32. The maximum Gasteiger partial charge on any atom is 0.0590 e. The Morgan fingerprint density at radius 3 is 2.14 bits per heavy atom. The summed E-state index contributed by atoms with van der Waals surface area (Å²) >= 11 is 0. The number of para-hydroxylation sites is 3. The Hall–Kier alpha value is -3.85. The zero-order valence-corrected chi connectivity index (χ0v) is 16.2. The Balaban J connectivity index is 1.61. The third kappa shape index (κ3) is 3.17. The van der Waals surface area contributed by atoms with Gasteiger partial charge < -0.3 is 4.57 Å². The smallest absolute Gasteiger partial charge is 0.0590 e. The van der Waals surface area contributed by atoms with Gasteiger partial charge in [-0.05, 0) is 48.0 Å². The molecule has 0 fully saturated rings. The van der Waals surface area contributed by atoms with E-state index >= 15 is 0 Å². The lowest BCUT2D eigenvalue weighted by Gasteiger charge is -2.12. The van der Waals surface area contributed by atoms with Crippen molar-refractivity contribution in [3.05, 3.63) is 109 Å². The topological polar surface area (TPSA) is 20.5 Å². The van der Waals surface area contributed by atoms with E-state index in [-0.39, 0.29) is 0 Å². The molecule has 0 saturated heterocycles. The number of hydrogen-bond donors (Lipinski definition) is 0.